The zero-order valence-corrected chi connectivity index (χ0v) is 10.7. The molecule has 100 valence electrons. The lowest BCUT2D eigenvalue weighted by Gasteiger charge is -2.06. The fraction of sp³-hybridized carbons (Fsp3) is 0.273. The molecule has 1 heterocycles. The van der Waals surface area contributed by atoms with Crippen molar-refractivity contribution in [1.29, 1.82) is 0 Å². The standard InChI is InChI=1S/C11H12ClN5O2/c12-11-7-10(17(18)19)2-1-9(11)8-13-3-5-16-6-4-14-15-16/h1-2,4,6-7,13H,3,5,8H2. The maximum absolute atomic E-state index is 10.6. The highest BCUT2D eigenvalue weighted by atomic mass is 35.5. The lowest BCUT2D eigenvalue weighted by Crippen LogP contribution is -2.20. The van der Waals surface area contributed by atoms with E-state index in [1.54, 1.807) is 23.1 Å². The van der Waals surface area contributed by atoms with E-state index in [1.165, 1.54) is 12.1 Å². The van der Waals surface area contributed by atoms with Crippen molar-refractivity contribution in [2.45, 2.75) is 13.1 Å². The molecular weight excluding hydrogens is 270 g/mol. The van der Waals surface area contributed by atoms with E-state index < -0.39 is 4.92 Å². The van der Waals surface area contributed by atoms with Gasteiger partial charge in [-0.1, -0.05) is 16.8 Å². The molecule has 1 aromatic heterocycles. The molecule has 0 unspecified atom stereocenters. The summed E-state index contributed by atoms with van der Waals surface area (Å²) in [4.78, 5) is 10.1. The summed E-state index contributed by atoms with van der Waals surface area (Å²) < 4.78 is 1.71. The summed E-state index contributed by atoms with van der Waals surface area (Å²) in [5.41, 5.74) is 0.822. The Bertz CT molecular complexity index is 558. The number of hydrogen-bond acceptors (Lipinski definition) is 5. The van der Waals surface area contributed by atoms with Crippen molar-refractivity contribution in [2.24, 2.45) is 0 Å². The second-order valence-electron chi connectivity index (χ2n) is 3.88. The van der Waals surface area contributed by atoms with Gasteiger partial charge in [0.05, 0.1) is 22.7 Å². The molecular formula is C11H12ClN5O2. The first kappa shape index (κ1) is 13.4. The molecule has 1 N–H and O–H groups in total. The first-order valence-corrected chi connectivity index (χ1v) is 6.02. The average molecular weight is 282 g/mol. The van der Waals surface area contributed by atoms with Crippen LogP contribution in [0.25, 0.3) is 0 Å². The molecule has 0 amide bonds. The molecule has 0 spiro atoms. The quantitative estimate of drug-likeness (QED) is 0.494. The molecule has 0 atom stereocenters. The summed E-state index contributed by atoms with van der Waals surface area (Å²) in [6.07, 6.45) is 3.40. The van der Waals surface area contributed by atoms with Gasteiger partial charge in [0.2, 0.25) is 0 Å². The lowest BCUT2D eigenvalue weighted by atomic mass is 10.2. The summed E-state index contributed by atoms with van der Waals surface area (Å²) >= 11 is 5.98. The van der Waals surface area contributed by atoms with Crippen LogP contribution < -0.4 is 5.32 Å². The maximum Gasteiger partial charge on any atom is 0.270 e. The van der Waals surface area contributed by atoms with Gasteiger partial charge < -0.3 is 5.32 Å². The van der Waals surface area contributed by atoms with E-state index in [9.17, 15) is 10.1 Å². The number of nitrogens with zero attached hydrogens (tertiary/aromatic N) is 4. The van der Waals surface area contributed by atoms with Crippen LogP contribution in [0.1, 0.15) is 5.56 Å². The van der Waals surface area contributed by atoms with Gasteiger partial charge in [0.15, 0.2) is 0 Å². The van der Waals surface area contributed by atoms with Gasteiger partial charge >= 0.3 is 0 Å². The smallest absolute Gasteiger partial charge is 0.270 e. The molecule has 0 fully saturated rings. The Morgan fingerprint density at radius 3 is 2.95 bits per heavy atom. The molecule has 0 bridgehead atoms. The second-order valence-corrected chi connectivity index (χ2v) is 4.28. The Labute approximate surface area is 114 Å². The van der Waals surface area contributed by atoms with Gasteiger partial charge in [0.1, 0.15) is 0 Å². The molecule has 0 saturated heterocycles. The molecule has 1 aromatic carbocycles. The molecule has 19 heavy (non-hydrogen) atoms. The summed E-state index contributed by atoms with van der Waals surface area (Å²) in [6, 6.07) is 4.46. The van der Waals surface area contributed by atoms with E-state index in [0.29, 0.717) is 24.7 Å². The van der Waals surface area contributed by atoms with Gasteiger partial charge in [0, 0.05) is 31.4 Å². The van der Waals surface area contributed by atoms with Crippen molar-refractivity contribution in [3.05, 3.63) is 51.3 Å². The SMILES string of the molecule is O=[N+]([O-])c1ccc(CNCCn2ccnn2)c(Cl)c1. The number of halogens is 1. The Morgan fingerprint density at radius 1 is 1.47 bits per heavy atom. The first-order valence-electron chi connectivity index (χ1n) is 5.64. The summed E-state index contributed by atoms with van der Waals surface area (Å²) in [5, 5.41) is 21.7. The topological polar surface area (TPSA) is 85.9 Å². The van der Waals surface area contributed by atoms with Crippen molar-refractivity contribution in [3.63, 3.8) is 0 Å². The minimum atomic E-state index is -0.464. The van der Waals surface area contributed by atoms with Gasteiger partial charge in [-0.15, -0.1) is 5.10 Å². The Balaban J connectivity index is 1.84. The van der Waals surface area contributed by atoms with Gasteiger partial charge in [-0.05, 0) is 11.6 Å². The van der Waals surface area contributed by atoms with Crippen LogP contribution in [-0.2, 0) is 13.1 Å². The van der Waals surface area contributed by atoms with Gasteiger partial charge in [-0.25, -0.2) is 0 Å². The van der Waals surface area contributed by atoms with Crippen LogP contribution >= 0.6 is 11.6 Å². The third-order valence-corrected chi connectivity index (χ3v) is 2.90. The second kappa shape index (κ2) is 6.26. The highest BCUT2D eigenvalue weighted by Crippen LogP contribution is 2.22. The van der Waals surface area contributed by atoms with Crippen LogP contribution in [0.3, 0.4) is 0 Å². The van der Waals surface area contributed by atoms with Gasteiger partial charge in [-0.2, -0.15) is 0 Å². The van der Waals surface area contributed by atoms with Crippen LogP contribution in [0.5, 0.6) is 0 Å². The van der Waals surface area contributed by atoms with E-state index in [2.05, 4.69) is 15.6 Å². The third-order valence-electron chi connectivity index (χ3n) is 2.55. The molecule has 0 aliphatic rings. The van der Waals surface area contributed by atoms with Crippen LogP contribution in [0, 0.1) is 10.1 Å². The lowest BCUT2D eigenvalue weighted by molar-refractivity contribution is -0.384. The van der Waals surface area contributed by atoms with Gasteiger partial charge in [-0.3, -0.25) is 14.8 Å². The Hall–Kier alpha value is -1.99. The van der Waals surface area contributed by atoms with Crippen molar-refractivity contribution in [1.82, 2.24) is 20.3 Å². The first-order chi connectivity index (χ1) is 9.16. The predicted molar refractivity (Wildman–Crippen MR) is 69.8 cm³/mol. The summed E-state index contributed by atoms with van der Waals surface area (Å²) in [7, 11) is 0. The van der Waals surface area contributed by atoms with Crippen molar-refractivity contribution < 1.29 is 4.92 Å². The normalized spacial score (nSPS) is 10.6. The molecule has 0 aliphatic carbocycles. The number of hydrogen-bond donors (Lipinski definition) is 1. The van der Waals surface area contributed by atoms with Crippen LogP contribution in [0.15, 0.2) is 30.6 Å². The molecule has 7 nitrogen and oxygen atoms in total. The minimum Gasteiger partial charge on any atom is -0.311 e. The monoisotopic (exact) mass is 281 g/mol. The largest absolute Gasteiger partial charge is 0.311 e. The molecule has 0 radical (unpaired) electrons. The van der Waals surface area contributed by atoms with Crippen LogP contribution in [0.2, 0.25) is 5.02 Å². The number of rotatable bonds is 6. The fourth-order valence-electron chi connectivity index (χ4n) is 1.56. The van der Waals surface area contributed by atoms with E-state index in [-0.39, 0.29) is 5.69 Å². The van der Waals surface area contributed by atoms with Crippen LogP contribution in [-0.4, -0.2) is 26.5 Å². The molecule has 8 heteroatoms. The number of nitro groups is 1. The van der Waals surface area contributed by atoms with E-state index in [4.69, 9.17) is 11.6 Å². The average Bonchev–Trinajstić information content (AvgIpc) is 2.89. The van der Waals surface area contributed by atoms with Crippen molar-refractivity contribution >= 4 is 17.3 Å². The number of aromatic nitrogens is 3. The molecule has 2 rings (SSSR count). The van der Waals surface area contributed by atoms with E-state index in [0.717, 1.165) is 5.56 Å². The number of non-ortho nitro benzene ring substituents is 1. The number of nitro benzene ring substituents is 1. The third kappa shape index (κ3) is 3.73. The highest BCUT2D eigenvalue weighted by Gasteiger charge is 2.08. The zero-order chi connectivity index (χ0) is 13.7. The summed E-state index contributed by atoms with van der Waals surface area (Å²) in [6.45, 7) is 1.95. The fourth-order valence-corrected chi connectivity index (χ4v) is 1.80. The zero-order valence-electron chi connectivity index (χ0n) is 9.99. The van der Waals surface area contributed by atoms with Gasteiger partial charge in [0.25, 0.3) is 5.69 Å². The number of nitrogens with one attached hydrogen (secondary N) is 1. The van der Waals surface area contributed by atoms with E-state index >= 15 is 0 Å². The van der Waals surface area contributed by atoms with Crippen LogP contribution in [0.4, 0.5) is 5.69 Å². The molecule has 2 aromatic rings. The number of benzene rings is 1. The highest BCUT2D eigenvalue weighted by molar-refractivity contribution is 6.31. The predicted octanol–water partition coefficient (Wildman–Crippen LogP) is 1.63. The van der Waals surface area contributed by atoms with Crippen molar-refractivity contribution in [3.8, 4) is 0 Å². The Kier molecular flexibility index (Phi) is 4.43. The maximum atomic E-state index is 10.6. The molecule has 0 aliphatic heterocycles. The minimum absolute atomic E-state index is 0.00337. The van der Waals surface area contributed by atoms with Crippen molar-refractivity contribution in [2.75, 3.05) is 6.54 Å². The Morgan fingerprint density at radius 2 is 2.32 bits per heavy atom. The molecule has 0 saturated carbocycles. The van der Waals surface area contributed by atoms with E-state index in [1.807, 2.05) is 0 Å². The summed E-state index contributed by atoms with van der Waals surface area (Å²) in [5.74, 6) is 0.